The topological polar surface area (TPSA) is 63.7 Å². The summed E-state index contributed by atoms with van der Waals surface area (Å²) in [7, 11) is -4.68. The molecule has 1 aliphatic rings. The molecule has 0 bridgehead atoms. The van der Waals surface area contributed by atoms with Crippen molar-refractivity contribution in [2.75, 3.05) is 19.4 Å². The van der Waals surface area contributed by atoms with E-state index in [9.17, 15) is 12.6 Å². The van der Waals surface area contributed by atoms with Crippen LogP contribution in [-0.2, 0) is 25.3 Å². The van der Waals surface area contributed by atoms with E-state index in [1.54, 1.807) is 9.78 Å². The number of hydrogen-bond acceptors (Lipinski definition) is 5. The van der Waals surface area contributed by atoms with Crippen molar-refractivity contribution in [3.63, 3.8) is 0 Å². The first-order chi connectivity index (χ1) is 7.97. The van der Waals surface area contributed by atoms with E-state index in [0.29, 0.717) is 6.54 Å². The Balaban J connectivity index is 1.97. The SMILES string of the molecule is CS(=O)(=O)OCCN1Sc2ccccc2S1=O. The van der Waals surface area contributed by atoms with Gasteiger partial charge in [0.25, 0.3) is 10.1 Å². The second-order valence-corrected chi connectivity index (χ2v) is 7.69. The third kappa shape index (κ3) is 3.29. The van der Waals surface area contributed by atoms with Crippen LogP contribution in [-0.4, -0.2) is 35.7 Å². The minimum atomic E-state index is -3.44. The molecule has 0 N–H and O–H groups in total. The fourth-order valence-corrected chi connectivity index (χ4v) is 4.35. The highest BCUT2D eigenvalue weighted by Crippen LogP contribution is 2.38. The van der Waals surface area contributed by atoms with Crippen LogP contribution in [0.3, 0.4) is 0 Å². The summed E-state index contributed by atoms with van der Waals surface area (Å²) in [6, 6.07) is 7.39. The molecule has 0 fully saturated rings. The third-order valence-electron chi connectivity index (χ3n) is 1.99. The van der Waals surface area contributed by atoms with Crippen LogP contribution < -0.4 is 0 Å². The average Bonchev–Trinajstić information content (AvgIpc) is 2.55. The molecule has 0 radical (unpaired) electrons. The van der Waals surface area contributed by atoms with Crippen LogP contribution in [0.5, 0.6) is 0 Å². The van der Waals surface area contributed by atoms with Gasteiger partial charge in [-0.1, -0.05) is 12.1 Å². The number of nitrogens with zero attached hydrogens (tertiary/aromatic N) is 1. The first-order valence-electron chi connectivity index (χ1n) is 4.78. The van der Waals surface area contributed by atoms with Crippen LogP contribution >= 0.6 is 11.9 Å². The molecule has 0 spiro atoms. The van der Waals surface area contributed by atoms with Crippen molar-refractivity contribution in [3.8, 4) is 0 Å². The highest BCUT2D eigenvalue weighted by molar-refractivity contribution is 8.08. The molecule has 0 aliphatic carbocycles. The second-order valence-electron chi connectivity index (χ2n) is 3.37. The van der Waals surface area contributed by atoms with E-state index >= 15 is 0 Å². The third-order valence-corrected chi connectivity index (χ3v) is 5.57. The molecule has 5 nitrogen and oxygen atoms in total. The van der Waals surface area contributed by atoms with Gasteiger partial charge in [0.1, 0.15) is 11.0 Å². The van der Waals surface area contributed by atoms with Crippen molar-refractivity contribution in [1.82, 2.24) is 3.71 Å². The van der Waals surface area contributed by atoms with Crippen LogP contribution in [0.1, 0.15) is 0 Å². The molecule has 0 aromatic heterocycles. The lowest BCUT2D eigenvalue weighted by molar-refractivity contribution is 0.314. The standard InChI is InChI=1S/C9H11NO4S3/c1-17(12,13)14-7-6-10-15-8-4-2-3-5-9(8)16(10)11/h2-5H,6-7H2,1H3. The molecule has 1 aromatic rings. The lowest BCUT2D eigenvalue weighted by Gasteiger charge is -2.10. The quantitative estimate of drug-likeness (QED) is 0.612. The Morgan fingerprint density at radius 2 is 2.12 bits per heavy atom. The van der Waals surface area contributed by atoms with Gasteiger partial charge < -0.3 is 0 Å². The van der Waals surface area contributed by atoms with E-state index in [1.165, 1.54) is 11.9 Å². The fraction of sp³-hybridized carbons (Fsp3) is 0.333. The molecule has 1 unspecified atom stereocenters. The molecule has 8 heteroatoms. The summed E-state index contributed by atoms with van der Waals surface area (Å²) in [6.07, 6.45) is 0.996. The molecule has 17 heavy (non-hydrogen) atoms. The molecule has 2 rings (SSSR count). The maximum Gasteiger partial charge on any atom is 0.264 e. The van der Waals surface area contributed by atoms with Crippen molar-refractivity contribution in [1.29, 1.82) is 0 Å². The first-order valence-corrected chi connectivity index (χ1v) is 8.48. The van der Waals surface area contributed by atoms with E-state index in [0.717, 1.165) is 16.0 Å². The smallest absolute Gasteiger partial charge is 0.264 e. The summed E-state index contributed by atoms with van der Waals surface area (Å²) < 4.78 is 39.8. The van der Waals surface area contributed by atoms with Gasteiger partial charge in [-0.25, -0.2) is 4.21 Å². The van der Waals surface area contributed by atoms with E-state index in [4.69, 9.17) is 0 Å². The highest BCUT2D eigenvalue weighted by atomic mass is 32.2. The minimum absolute atomic E-state index is 0.00552. The normalized spacial score (nSPS) is 20.4. The Bertz CT molecular complexity index is 543. The Hall–Kier alpha value is -0.410. The van der Waals surface area contributed by atoms with Crippen LogP contribution in [0, 0.1) is 0 Å². The van der Waals surface area contributed by atoms with Gasteiger partial charge in [0.15, 0.2) is 0 Å². The monoisotopic (exact) mass is 293 g/mol. The highest BCUT2D eigenvalue weighted by Gasteiger charge is 2.27. The molecule has 0 saturated heterocycles. The summed E-state index contributed by atoms with van der Waals surface area (Å²) in [6.45, 7) is 0.296. The van der Waals surface area contributed by atoms with Crippen LogP contribution in [0.4, 0.5) is 0 Å². The van der Waals surface area contributed by atoms with E-state index in [1.807, 2.05) is 18.2 Å². The molecule has 1 aromatic carbocycles. The number of fused-ring (bicyclic) bond motifs is 1. The van der Waals surface area contributed by atoms with E-state index < -0.39 is 21.1 Å². The molecule has 94 valence electrons. The summed E-state index contributed by atoms with van der Waals surface area (Å²) >= 11 is 1.35. The molecular weight excluding hydrogens is 282 g/mol. The molecular formula is C9H11NO4S3. The Morgan fingerprint density at radius 3 is 2.76 bits per heavy atom. The van der Waals surface area contributed by atoms with Crippen LogP contribution in [0.15, 0.2) is 34.1 Å². The van der Waals surface area contributed by atoms with Gasteiger partial charge in [-0.2, -0.15) is 12.1 Å². The first kappa shape index (κ1) is 13.0. The van der Waals surface area contributed by atoms with Crippen molar-refractivity contribution < 1.29 is 16.8 Å². The van der Waals surface area contributed by atoms with Crippen molar-refractivity contribution in [2.24, 2.45) is 0 Å². The van der Waals surface area contributed by atoms with Crippen molar-refractivity contribution in [3.05, 3.63) is 24.3 Å². The van der Waals surface area contributed by atoms with Gasteiger partial charge in [-0.05, 0) is 24.1 Å². The second kappa shape index (κ2) is 5.07. The molecule has 1 heterocycles. The molecule has 0 amide bonds. The maximum absolute atomic E-state index is 12.0. The van der Waals surface area contributed by atoms with Gasteiger partial charge in [0, 0.05) is 11.4 Å². The van der Waals surface area contributed by atoms with Gasteiger partial charge in [0.2, 0.25) is 0 Å². The summed E-state index contributed by atoms with van der Waals surface area (Å²) in [4.78, 5) is 1.70. The lowest BCUT2D eigenvalue weighted by Crippen LogP contribution is -2.20. The molecule has 1 atom stereocenters. The van der Waals surface area contributed by atoms with Crippen LogP contribution in [0.2, 0.25) is 0 Å². The van der Waals surface area contributed by atoms with E-state index in [2.05, 4.69) is 4.18 Å². The predicted molar refractivity (Wildman–Crippen MR) is 66.2 cm³/mol. The maximum atomic E-state index is 12.0. The van der Waals surface area contributed by atoms with Gasteiger partial charge in [-0.15, -0.1) is 0 Å². The Labute approximate surface area is 107 Å². The largest absolute Gasteiger partial charge is 0.269 e. The summed E-state index contributed by atoms with van der Waals surface area (Å²) in [5.74, 6) is 0. The van der Waals surface area contributed by atoms with Crippen molar-refractivity contribution >= 4 is 33.1 Å². The number of hydrogen-bond donors (Lipinski definition) is 0. The zero-order valence-corrected chi connectivity index (χ0v) is 11.5. The van der Waals surface area contributed by atoms with Crippen LogP contribution in [0.25, 0.3) is 0 Å². The fourth-order valence-electron chi connectivity index (χ4n) is 1.31. The summed E-state index contributed by atoms with van der Waals surface area (Å²) in [5.41, 5.74) is 0. The van der Waals surface area contributed by atoms with Gasteiger partial charge >= 0.3 is 0 Å². The minimum Gasteiger partial charge on any atom is -0.269 e. The Morgan fingerprint density at radius 1 is 1.41 bits per heavy atom. The average molecular weight is 293 g/mol. The van der Waals surface area contributed by atoms with E-state index in [-0.39, 0.29) is 6.61 Å². The lowest BCUT2D eigenvalue weighted by atomic mass is 10.4. The number of rotatable bonds is 4. The number of benzene rings is 1. The Kier molecular flexibility index (Phi) is 3.88. The zero-order valence-electron chi connectivity index (χ0n) is 9.03. The molecule has 1 aliphatic heterocycles. The van der Waals surface area contributed by atoms with Crippen molar-refractivity contribution in [2.45, 2.75) is 9.79 Å². The van der Waals surface area contributed by atoms with Gasteiger partial charge in [-0.3, -0.25) is 4.18 Å². The molecule has 0 saturated carbocycles. The predicted octanol–water partition coefficient (Wildman–Crippen LogP) is 1.01. The zero-order chi connectivity index (χ0) is 12.5. The van der Waals surface area contributed by atoms with Gasteiger partial charge in [0.05, 0.1) is 17.8 Å². The summed E-state index contributed by atoms with van der Waals surface area (Å²) in [5, 5.41) is 0.